The smallest absolute Gasteiger partial charge is 0.138 e. The molecule has 3 aromatic rings. The SMILES string of the molecule is NCCc1c(Sc2cc(F)ccc2F)nc2ccccn12. The summed E-state index contributed by atoms with van der Waals surface area (Å²) in [6.07, 6.45) is 2.50. The highest BCUT2D eigenvalue weighted by Crippen LogP contribution is 2.32. The van der Waals surface area contributed by atoms with Gasteiger partial charge in [0.1, 0.15) is 22.3 Å². The zero-order chi connectivity index (χ0) is 14.8. The summed E-state index contributed by atoms with van der Waals surface area (Å²) >= 11 is 1.12. The molecule has 0 radical (unpaired) electrons. The van der Waals surface area contributed by atoms with Gasteiger partial charge < -0.3 is 10.1 Å². The van der Waals surface area contributed by atoms with E-state index in [1.807, 2.05) is 28.8 Å². The first kappa shape index (κ1) is 14.0. The number of rotatable bonds is 4. The minimum Gasteiger partial charge on any atom is -0.330 e. The molecule has 0 unspecified atom stereocenters. The Hall–Kier alpha value is -1.92. The summed E-state index contributed by atoms with van der Waals surface area (Å²) in [7, 11) is 0. The zero-order valence-corrected chi connectivity index (χ0v) is 11.9. The first-order chi connectivity index (χ1) is 10.2. The van der Waals surface area contributed by atoms with E-state index in [2.05, 4.69) is 4.98 Å². The summed E-state index contributed by atoms with van der Waals surface area (Å²) in [5.41, 5.74) is 7.31. The number of aromatic nitrogens is 2. The largest absolute Gasteiger partial charge is 0.330 e. The van der Waals surface area contributed by atoms with E-state index in [1.54, 1.807) is 0 Å². The number of halogens is 2. The quantitative estimate of drug-likeness (QED) is 0.804. The Morgan fingerprint density at radius 2 is 2.05 bits per heavy atom. The summed E-state index contributed by atoms with van der Waals surface area (Å²) in [5, 5.41) is 0.649. The van der Waals surface area contributed by atoms with Crippen LogP contribution >= 0.6 is 11.8 Å². The van der Waals surface area contributed by atoms with Crippen molar-refractivity contribution in [1.29, 1.82) is 0 Å². The van der Waals surface area contributed by atoms with Crippen molar-refractivity contribution >= 4 is 17.4 Å². The van der Waals surface area contributed by atoms with Gasteiger partial charge in [-0.15, -0.1) is 0 Å². The summed E-state index contributed by atoms with van der Waals surface area (Å²) in [6, 6.07) is 9.04. The molecule has 108 valence electrons. The van der Waals surface area contributed by atoms with Gasteiger partial charge in [-0.1, -0.05) is 17.8 Å². The number of fused-ring (bicyclic) bond motifs is 1. The molecular weight excluding hydrogens is 292 g/mol. The van der Waals surface area contributed by atoms with Crippen LogP contribution in [0.2, 0.25) is 0 Å². The first-order valence-corrected chi connectivity index (χ1v) is 7.29. The van der Waals surface area contributed by atoms with Crippen LogP contribution in [0.5, 0.6) is 0 Å². The van der Waals surface area contributed by atoms with Gasteiger partial charge in [0, 0.05) is 12.6 Å². The number of pyridine rings is 1. The van der Waals surface area contributed by atoms with Crippen molar-refractivity contribution in [3.05, 3.63) is 59.9 Å². The Kier molecular flexibility index (Phi) is 3.90. The molecule has 2 heterocycles. The molecule has 0 amide bonds. The van der Waals surface area contributed by atoms with Gasteiger partial charge >= 0.3 is 0 Å². The second kappa shape index (κ2) is 5.83. The lowest BCUT2D eigenvalue weighted by atomic mass is 10.3. The number of nitrogens with zero attached hydrogens (tertiary/aromatic N) is 2. The van der Waals surface area contributed by atoms with E-state index >= 15 is 0 Å². The van der Waals surface area contributed by atoms with Gasteiger partial charge in [0.25, 0.3) is 0 Å². The van der Waals surface area contributed by atoms with Gasteiger partial charge in [0.15, 0.2) is 0 Å². The molecule has 1 aromatic carbocycles. The Balaban J connectivity index is 2.07. The van der Waals surface area contributed by atoms with Crippen LogP contribution in [0.4, 0.5) is 8.78 Å². The Labute approximate surface area is 124 Å². The molecule has 0 aliphatic rings. The van der Waals surface area contributed by atoms with Gasteiger partial charge in [0.2, 0.25) is 0 Å². The maximum Gasteiger partial charge on any atom is 0.138 e. The molecule has 0 aliphatic heterocycles. The highest BCUT2D eigenvalue weighted by atomic mass is 32.2. The Bertz CT molecular complexity index is 786. The second-order valence-corrected chi connectivity index (χ2v) is 5.54. The molecule has 6 heteroatoms. The van der Waals surface area contributed by atoms with E-state index in [-0.39, 0.29) is 4.90 Å². The van der Waals surface area contributed by atoms with Gasteiger partial charge in [-0.2, -0.15) is 0 Å². The van der Waals surface area contributed by atoms with Crippen LogP contribution in [0.1, 0.15) is 5.69 Å². The molecule has 3 nitrogen and oxygen atoms in total. The lowest BCUT2D eigenvalue weighted by Gasteiger charge is -2.04. The van der Waals surface area contributed by atoms with Crippen molar-refractivity contribution in [2.75, 3.05) is 6.54 Å². The molecule has 0 atom stereocenters. The van der Waals surface area contributed by atoms with Crippen molar-refractivity contribution < 1.29 is 8.78 Å². The van der Waals surface area contributed by atoms with E-state index in [9.17, 15) is 8.78 Å². The number of benzene rings is 1. The molecular formula is C15H13F2N3S. The zero-order valence-electron chi connectivity index (χ0n) is 11.1. The second-order valence-electron chi connectivity index (χ2n) is 4.51. The normalized spacial score (nSPS) is 11.2. The molecule has 0 saturated carbocycles. The van der Waals surface area contributed by atoms with E-state index in [4.69, 9.17) is 5.73 Å². The summed E-state index contributed by atoms with van der Waals surface area (Å²) < 4.78 is 29.0. The molecule has 0 saturated heterocycles. The van der Waals surface area contributed by atoms with Gasteiger partial charge in [-0.05, 0) is 36.9 Å². The fourth-order valence-corrected chi connectivity index (χ4v) is 3.13. The average Bonchev–Trinajstić information content (AvgIpc) is 2.81. The Morgan fingerprint density at radius 3 is 2.86 bits per heavy atom. The maximum atomic E-state index is 13.8. The maximum absolute atomic E-state index is 13.8. The van der Waals surface area contributed by atoms with Crippen molar-refractivity contribution in [2.24, 2.45) is 5.73 Å². The minimum atomic E-state index is -0.469. The first-order valence-electron chi connectivity index (χ1n) is 6.48. The van der Waals surface area contributed by atoms with Crippen LogP contribution in [-0.2, 0) is 6.42 Å². The topological polar surface area (TPSA) is 43.3 Å². The number of hydrogen-bond acceptors (Lipinski definition) is 3. The van der Waals surface area contributed by atoms with Crippen LogP contribution < -0.4 is 5.73 Å². The molecule has 0 aliphatic carbocycles. The van der Waals surface area contributed by atoms with Gasteiger partial charge in [-0.25, -0.2) is 13.8 Å². The predicted molar refractivity (Wildman–Crippen MR) is 78.4 cm³/mol. The van der Waals surface area contributed by atoms with Crippen LogP contribution in [0.15, 0.2) is 52.5 Å². The number of nitrogens with two attached hydrogens (primary N) is 1. The summed E-state index contributed by atoms with van der Waals surface area (Å²) in [6.45, 7) is 0.460. The van der Waals surface area contributed by atoms with Crippen molar-refractivity contribution in [2.45, 2.75) is 16.3 Å². The summed E-state index contributed by atoms with van der Waals surface area (Å²) in [5.74, 6) is -0.930. The molecule has 2 aromatic heterocycles. The van der Waals surface area contributed by atoms with E-state index in [1.165, 1.54) is 6.07 Å². The third-order valence-electron chi connectivity index (χ3n) is 3.07. The fraction of sp³-hybridized carbons (Fsp3) is 0.133. The molecule has 3 rings (SSSR count). The molecule has 21 heavy (non-hydrogen) atoms. The third-order valence-corrected chi connectivity index (χ3v) is 4.13. The van der Waals surface area contributed by atoms with E-state index in [0.29, 0.717) is 18.0 Å². The number of imidazole rings is 1. The number of hydrogen-bond donors (Lipinski definition) is 1. The molecule has 0 bridgehead atoms. The third kappa shape index (κ3) is 2.77. The van der Waals surface area contributed by atoms with Crippen LogP contribution in [0.25, 0.3) is 5.65 Å². The summed E-state index contributed by atoms with van der Waals surface area (Å²) in [4.78, 5) is 4.70. The molecule has 0 spiro atoms. The van der Waals surface area contributed by atoms with Crippen molar-refractivity contribution in [3.63, 3.8) is 0 Å². The van der Waals surface area contributed by atoms with Gasteiger partial charge in [-0.3, -0.25) is 0 Å². The lowest BCUT2D eigenvalue weighted by molar-refractivity contribution is 0.577. The molecule has 2 N–H and O–H groups in total. The minimum absolute atomic E-state index is 0.219. The highest BCUT2D eigenvalue weighted by Gasteiger charge is 2.15. The predicted octanol–water partition coefficient (Wildman–Crippen LogP) is 3.26. The lowest BCUT2D eigenvalue weighted by Crippen LogP contribution is -2.06. The van der Waals surface area contributed by atoms with Crippen molar-refractivity contribution in [3.8, 4) is 0 Å². The van der Waals surface area contributed by atoms with Crippen LogP contribution in [-0.4, -0.2) is 15.9 Å². The van der Waals surface area contributed by atoms with Crippen LogP contribution in [0.3, 0.4) is 0 Å². The monoisotopic (exact) mass is 305 g/mol. The molecule has 0 fully saturated rings. The van der Waals surface area contributed by atoms with Gasteiger partial charge in [0.05, 0.1) is 10.6 Å². The fourth-order valence-electron chi connectivity index (χ4n) is 2.13. The average molecular weight is 305 g/mol. The van der Waals surface area contributed by atoms with Crippen LogP contribution in [0, 0.1) is 11.6 Å². The van der Waals surface area contributed by atoms with E-state index in [0.717, 1.165) is 35.2 Å². The van der Waals surface area contributed by atoms with E-state index < -0.39 is 11.6 Å². The highest BCUT2D eigenvalue weighted by molar-refractivity contribution is 7.99. The Morgan fingerprint density at radius 1 is 1.19 bits per heavy atom. The van der Waals surface area contributed by atoms with Crippen molar-refractivity contribution in [1.82, 2.24) is 9.38 Å². The standard InChI is InChI=1S/C15H13F2N3S/c16-10-4-5-11(17)13(9-10)21-15-12(6-7-18)20-8-2-1-3-14(20)19-15/h1-5,8-9H,6-7,18H2.